The molecule has 0 aliphatic carbocycles. The van der Waals surface area contributed by atoms with Crippen LogP contribution in [0.25, 0.3) is 0 Å². The van der Waals surface area contributed by atoms with Crippen molar-refractivity contribution in [3.8, 4) is 5.75 Å². The number of aromatic nitrogens is 2. The second kappa shape index (κ2) is 10.0. The van der Waals surface area contributed by atoms with E-state index in [9.17, 15) is 19.7 Å². The summed E-state index contributed by atoms with van der Waals surface area (Å²) >= 11 is 0. The monoisotopic (exact) mass is 423 g/mol. The molecule has 0 atom stereocenters. The Balaban J connectivity index is 1.55. The second-order valence-corrected chi connectivity index (χ2v) is 6.58. The number of amides is 2. The first-order chi connectivity index (χ1) is 15.0. The number of benzene rings is 2. The van der Waals surface area contributed by atoms with E-state index in [1.165, 1.54) is 19.2 Å². The molecule has 0 spiro atoms. The molecule has 0 fully saturated rings. The molecule has 0 radical (unpaired) electrons. The number of carbonyl (C=O) groups excluding carboxylic acids is 2. The van der Waals surface area contributed by atoms with Crippen molar-refractivity contribution < 1.29 is 19.2 Å². The molecule has 1 aromatic heterocycles. The van der Waals surface area contributed by atoms with Gasteiger partial charge in [0.2, 0.25) is 5.91 Å². The fourth-order valence-electron chi connectivity index (χ4n) is 2.95. The Hall–Kier alpha value is -4.21. The maximum Gasteiger partial charge on any atom is 0.311 e. The average Bonchev–Trinajstić information content (AvgIpc) is 3.29. The zero-order valence-corrected chi connectivity index (χ0v) is 16.8. The summed E-state index contributed by atoms with van der Waals surface area (Å²) in [4.78, 5) is 34.9. The average molecular weight is 423 g/mol. The Morgan fingerprint density at radius 3 is 2.58 bits per heavy atom. The molecule has 3 rings (SSSR count). The quantitative estimate of drug-likeness (QED) is 0.400. The minimum Gasteiger partial charge on any atom is -0.490 e. The predicted octanol–water partition coefficient (Wildman–Crippen LogP) is 1.89. The third-order valence-electron chi connectivity index (χ3n) is 4.53. The number of ether oxygens (including phenoxy) is 1. The van der Waals surface area contributed by atoms with Crippen LogP contribution in [0.2, 0.25) is 0 Å². The smallest absolute Gasteiger partial charge is 0.311 e. The zero-order chi connectivity index (χ0) is 22.2. The standard InChI is InChI=1S/C21H21N5O5/c1-31-19-8-7-15(11-18(19)26(29)30)21(28)23-13-20(27)22-12-16-5-2-3-6-17(16)14-25-10-4-9-24-25/h2-11H,12-14H2,1H3,(H,22,27)(H,23,28). The lowest BCUT2D eigenvalue weighted by Crippen LogP contribution is -2.36. The number of hydrogen-bond donors (Lipinski definition) is 2. The lowest BCUT2D eigenvalue weighted by molar-refractivity contribution is -0.385. The van der Waals surface area contributed by atoms with Gasteiger partial charge in [-0.1, -0.05) is 24.3 Å². The van der Waals surface area contributed by atoms with Crippen LogP contribution in [-0.2, 0) is 17.9 Å². The Kier molecular flexibility index (Phi) is 6.94. The Morgan fingerprint density at radius 1 is 1.13 bits per heavy atom. The van der Waals surface area contributed by atoms with Gasteiger partial charge in [0.15, 0.2) is 5.75 Å². The summed E-state index contributed by atoms with van der Waals surface area (Å²) in [6.45, 7) is 0.603. The van der Waals surface area contributed by atoms with E-state index >= 15 is 0 Å². The number of nitro groups is 1. The molecule has 31 heavy (non-hydrogen) atoms. The van der Waals surface area contributed by atoms with Crippen LogP contribution in [0.15, 0.2) is 60.9 Å². The van der Waals surface area contributed by atoms with Crippen LogP contribution in [0, 0.1) is 10.1 Å². The normalized spacial score (nSPS) is 10.4. The molecule has 0 unspecified atom stereocenters. The van der Waals surface area contributed by atoms with Gasteiger partial charge in [-0.2, -0.15) is 5.10 Å². The van der Waals surface area contributed by atoms with Gasteiger partial charge in [-0.05, 0) is 29.3 Å². The van der Waals surface area contributed by atoms with Crippen LogP contribution in [0.5, 0.6) is 5.75 Å². The Morgan fingerprint density at radius 2 is 1.90 bits per heavy atom. The van der Waals surface area contributed by atoms with Gasteiger partial charge >= 0.3 is 5.69 Å². The highest BCUT2D eigenvalue weighted by atomic mass is 16.6. The van der Waals surface area contributed by atoms with Crippen molar-refractivity contribution in [2.24, 2.45) is 0 Å². The summed E-state index contributed by atoms with van der Waals surface area (Å²) in [5.41, 5.74) is 1.68. The summed E-state index contributed by atoms with van der Waals surface area (Å²) in [5.74, 6) is -0.932. The van der Waals surface area contributed by atoms with Gasteiger partial charge in [0.1, 0.15) is 0 Å². The Bertz CT molecular complexity index is 1080. The molecule has 0 aliphatic rings. The van der Waals surface area contributed by atoms with Crippen LogP contribution in [0.4, 0.5) is 5.69 Å². The van der Waals surface area contributed by atoms with Crippen molar-refractivity contribution in [2.75, 3.05) is 13.7 Å². The lowest BCUT2D eigenvalue weighted by Gasteiger charge is -2.11. The van der Waals surface area contributed by atoms with E-state index in [1.54, 1.807) is 10.9 Å². The number of methoxy groups -OCH3 is 1. The fraction of sp³-hybridized carbons (Fsp3) is 0.190. The molecule has 0 aliphatic heterocycles. The number of carbonyl (C=O) groups is 2. The Labute approximate surface area is 178 Å². The second-order valence-electron chi connectivity index (χ2n) is 6.58. The van der Waals surface area contributed by atoms with E-state index in [0.717, 1.165) is 17.2 Å². The van der Waals surface area contributed by atoms with E-state index in [1.807, 2.05) is 36.5 Å². The van der Waals surface area contributed by atoms with Crippen LogP contribution in [-0.4, -0.2) is 40.2 Å². The first-order valence-electron chi connectivity index (χ1n) is 9.39. The molecule has 2 aromatic carbocycles. The van der Waals surface area contributed by atoms with Crippen LogP contribution in [0.3, 0.4) is 0 Å². The molecule has 10 nitrogen and oxygen atoms in total. The number of hydrogen-bond acceptors (Lipinski definition) is 6. The first-order valence-corrected chi connectivity index (χ1v) is 9.39. The van der Waals surface area contributed by atoms with E-state index < -0.39 is 10.8 Å². The highest BCUT2D eigenvalue weighted by molar-refractivity contribution is 5.97. The van der Waals surface area contributed by atoms with E-state index in [0.29, 0.717) is 13.1 Å². The van der Waals surface area contributed by atoms with Crippen molar-refractivity contribution in [1.29, 1.82) is 0 Å². The van der Waals surface area contributed by atoms with Crippen molar-refractivity contribution in [3.05, 3.63) is 87.7 Å². The highest BCUT2D eigenvalue weighted by Crippen LogP contribution is 2.27. The van der Waals surface area contributed by atoms with Crippen LogP contribution in [0.1, 0.15) is 21.5 Å². The summed E-state index contributed by atoms with van der Waals surface area (Å²) in [6.07, 6.45) is 3.55. The maximum absolute atomic E-state index is 12.3. The van der Waals surface area contributed by atoms with Crippen molar-refractivity contribution in [2.45, 2.75) is 13.1 Å². The summed E-state index contributed by atoms with van der Waals surface area (Å²) in [6, 6.07) is 13.3. The van der Waals surface area contributed by atoms with Gasteiger partial charge in [0, 0.05) is 30.6 Å². The first kappa shape index (κ1) is 21.5. The van der Waals surface area contributed by atoms with Crippen molar-refractivity contribution in [3.63, 3.8) is 0 Å². The number of nitrogens with zero attached hydrogens (tertiary/aromatic N) is 3. The van der Waals surface area contributed by atoms with E-state index in [4.69, 9.17) is 4.74 Å². The largest absolute Gasteiger partial charge is 0.490 e. The minimum atomic E-state index is -0.636. The molecule has 3 aromatic rings. The molecule has 0 saturated carbocycles. The van der Waals surface area contributed by atoms with Crippen LogP contribution >= 0.6 is 0 Å². The van der Waals surface area contributed by atoms with Gasteiger partial charge in [-0.15, -0.1) is 0 Å². The molecule has 10 heteroatoms. The summed E-state index contributed by atoms with van der Waals surface area (Å²) in [5, 5.41) is 20.5. The molecule has 160 valence electrons. The third-order valence-corrected chi connectivity index (χ3v) is 4.53. The van der Waals surface area contributed by atoms with Gasteiger partial charge in [-0.25, -0.2) is 0 Å². The van der Waals surface area contributed by atoms with Gasteiger partial charge in [0.25, 0.3) is 5.91 Å². The zero-order valence-electron chi connectivity index (χ0n) is 16.8. The minimum absolute atomic E-state index is 0.0491. The fourth-order valence-corrected chi connectivity index (χ4v) is 2.95. The van der Waals surface area contributed by atoms with Crippen molar-refractivity contribution >= 4 is 17.5 Å². The molecular formula is C21H21N5O5. The molecule has 2 amide bonds. The maximum atomic E-state index is 12.3. The third kappa shape index (κ3) is 5.66. The van der Waals surface area contributed by atoms with E-state index in [2.05, 4.69) is 15.7 Å². The summed E-state index contributed by atoms with van der Waals surface area (Å²) < 4.78 is 6.70. The topological polar surface area (TPSA) is 128 Å². The van der Waals surface area contributed by atoms with Gasteiger partial charge in [0.05, 0.1) is 25.1 Å². The molecule has 0 bridgehead atoms. The number of nitro benzene ring substituents is 1. The van der Waals surface area contributed by atoms with Crippen molar-refractivity contribution in [1.82, 2.24) is 20.4 Å². The van der Waals surface area contributed by atoms with E-state index in [-0.39, 0.29) is 29.5 Å². The summed E-state index contributed by atoms with van der Waals surface area (Å²) in [7, 11) is 1.31. The molecule has 0 saturated heterocycles. The molecule has 1 heterocycles. The highest BCUT2D eigenvalue weighted by Gasteiger charge is 2.18. The number of rotatable bonds is 9. The molecular weight excluding hydrogens is 402 g/mol. The number of nitrogens with one attached hydrogen (secondary N) is 2. The van der Waals surface area contributed by atoms with Gasteiger partial charge in [-0.3, -0.25) is 24.4 Å². The lowest BCUT2D eigenvalue weighted by atomic mass is 10.1. The molecule has 2 N–H and O–H groups in total. The van der Waals surface area contributed by atoms with Gasteiger partial charge < -0.3 is 15.4 Å². The SMILES string of the molecule is COc1ccc(C(=O)NCC(=O)NCc2ccccc2Cn2cccn2)cc1[N+](=O)[O-]. The predicted molar refractivity (Wildman–Crippen MR) is 112 cm³/mol. The van der Waals surface area contributed by atoms with Crippen LogP contribution < -0.4 is 15.4 Å².